The highest BCUT2D eigenvalue weighted by Crippen LogP contribution is 2.29. The van der Waals surface area contributed by atoms with Gasteiger partial charge in [0.15, 0.2) is 0 Å². The molecule has 0 radical (unpaired) electrons. The Labute approximate surface area is 233 Å². The van der Waals surface area contributed by atoms with E-state index in [4.69, 9.17) is 0 Å². The third-order valence-electron chi connectivity index (χ3n) is 8.74. The lowest BCUT2D eigenvalue weighted by Crippen LogP contribution is -2.56. The largest absolute Gasteiger partial charge is 0.385 e. The van der Waals surface area contributed by atoms with Crippen LogP contribution in [0.3, 0.4) is 0 Å². The molecule has 2 atom stereocenters. The van der Waals surface area contributed by atoms with Crippen LogP contribution in [0.4, 0.5) is 4.79 Å². The maximum atomic E-state index is 13.9. The maximum Gasteiger partial charge on any atom is 0.318 e. The van der Waals surface area contributed by atoms with Crippen LogP contribution in [-0.2, 0) is 22.6 Å². The predicted octanol–water partition coefficient (Wildman–Crippen LogP) is 1.29. The number of benzene rings is 1. The minimum absolute atomic E-state index is 0.0137. The lowest BCUT2D eigenvalue weighted by Gasteiger charge is -2.35. The Kier molecular flexibility index (Phi) is 7.72. The number of rotatable bonds is 7. The number of nitrogens with zero attached hydrogens (tertiary/aromatic N) is 3. The molecule has 2 saturated heterocycles. The average molecular weight is 547 g/mol. The van der Waals surface area contributed by atoms with Crippen molar-refractivity contribution >= 4 is 29.3 Å². The molecule has 0 bridgehead atoms. The van der Waals surface area contributed by atoms with Gasteiger partial charge in [0.2, 0.25) is 12.3 Å². The zero-order valence-electron chi connectivity index (χ0n) is 22.7. The maximum absolute atomic E-state index is 13.9. The summed E-state index contributed by atoms with van der Waals surface area (Å²) in [6.07, 6.45) is 11.7. The Morgan fingerprint density at radius 3 is 2.88 bits per heavy atom. The summed E-state index contributed by atoms with van der Waals surface area (Å²) in [5, 5.41) is 21.2. The van der Waals surface area contributed by atoms with E-state index in [1.165, 1.54) is 5.70 Å². The molecule has 11 heteroatoms. The first-order valence-corrected chi connectivity index (χ1v) is 14.4. The molecule has 1 aromatic heterocycles. The van der Waals surface area contributed by atoms with Gasteiger partial charge in [-0.3, -0.25) is 14.7 Å². The summed E-state index contributed by atoms with van der Waals surface area (Å²) in [5.74, 6) is -0.0137. The molecule has 2 fully saturated rings. The van der Waals surface area contributed by atoms with Crippen molar-refractivity contribution in [3.05, 3.63) is 52.9 Å². The number of likely N-dealkylation sites (tertiary alicyclic amines) is 1. The fourth-order valence-corrected chi connectivity index (χ4v) is 6.49. The van der Waals surface area contributed by atoms with Gasteiger partial charge >= 0.3 is 6.03 Å². The van der Waals surface area contributed by atoms with E-state index in [0.29, 0.717) is 32.6 Å². The van der Waals surface area contributed by atoms with E-state index in [0.717, 1.165) is 79.2 Å². The molecule has 1 aromatic carbocycles. The molecule has 5 N–H and O–H groups in total. The molecule has 3 aliphatic heterocycles. The summed E-state index contributed by atoms with van der Waals surface area (Å²) in [5.41, 5.74) is 5.45. The smallest absolute Gasteiger partial charge is 0.318 e. The van der Waals surface area contributed by atoms with E-state index in [9.17, 15) is 14.4 Å². The van der Waals surface area contributed by atoms with Gasteiger partial charge in [0.1, 0.15) is 6.04 Å². The highest BCUT2D eigenvalue weighted by molar-refractivity contribution is 5.90. The van der Waals surface area contributed by atoms with E-state index in [1.54, 1.807) is 0 Å². The average Bonchev–Trinajstić information content (AvgIpc) is 3.66. The molecule has 2 aromatic rings. The molecule has 1 aliphatic carbocycles. The monoisotopic (exact) mass is 546 g/mol. The quantitative estimate of drug-likeness (QED) is 0.332. The van der Waals surface area contributed by atoms with Gasteiger partial charge in [-0.1, -0.05) is 18.2 Å². The first kappa shape index (κ1) is 26.4. The normalized spacial score (nSPS) is 23.8. The number of piperidine rings is 1. The fraction of sp³-hybridized carbons (Fsp3) is 0.517. The summed E-state index contributed by atoms with van der Waals surface area (Å²) in [7, 11) is 0. The van der Waals surface area contributed by atoms with Crippen molar-refractivity contribution in [2.45, 2.75) is 63.2 Å². The van der Waals surface area contributed by atoms with Gasteiger partial charge in [-0.2, -0.15) is 5.10 Å². The van der Waals surface area contributed by atoms with Crippen molar-refractivity contribution < 1.29 is 14.4 Å². The molecule has 212 valence electrons. The minimum Gasteiger partial charge on any atom is -0.385 e. The van der Waals surface area contributed by atoms with Crippen LogP contribution in [0.2, 0.25) is 0 Å². The summed E-state index contributed by atoms with van der Waals surface area (Å²) in [6, 6.07) is 3.66. The fourth-order valence-electron chi connectivity index (χ4n) is 6.49. The number of carbonyl (C=O) groups excluding carboxylic acids is 3. The Morgan fingerprint density at radius 2 is 2.08 bits per heavy atom. The van der Waals surface area contributed by atoms with Crippen LogP contribution >= 0.6 is 0 Å². The number of urea groups is 1. The lowest BCUT2D eigenvalue weighted by molar-refractivity contribution is -0.135. The van der Waals surface area contributed by atoms with Gasteiger partial charge in [-0.15, -0.1) is 0 Å². The Hall–Kier alpha value is -3.86. The number of hydrogen-bond donors (Lipinski definition) is 5. The zero-order valence-corrected chi connectivity index (χ0v) is 22.7. The van der Waals surface area contributed by atoms with Crippen LogP contribution in [0.15, 0.2) is 41.8 Å². The molecule has 4 amide bonds. The Balaban J connectivity index is 1.12. The van der Waals surface area contributed by atoms with Crippen LogP contribution < -0.4 is 21.3 Å². The lowest BCUT2D eigenvalue weighted by atomic mass is 9.98. The van der Waals surface area contributed by atoms with Crippen molar-refractivity contribution in [3.8, 4) is 0 Å². The Morgan fingerprint density at radius 1 is 1.20 bits per heavy atom. The van der Waals surface area contributed by atoms with E-state index >= 15 is 0 Å². The third kappa shape index (κ3) is 5.42. The third-order valence-corrected chi connectivity index (χ3v) is 8.74. The number of H-pyrrole nitrogens is 1. The van der Waals surface area contributed by atoms with E-state index in [2.05, 4.69) is 49.7 Å². The van der Waals surface area contributed by atoms with E-state index in [-0.39, 0.29) is 24.0 Å². The molecule has 6 rings (SSSR count). The van der Waals surface area contributed by atoms with Gasteiger partial charge in [0.05, 0.1) is 11.7 Å². The van der Waals surface area contributed by atoms with Crippen LogP contribution in [0.1, 0.15) is 43.2 Å². The van der Waals surface area contributed by atoms with Gasteiger partial charge in [-0.25, -0.2) is 4.79 Å². The van der Waals surface area contributed by atoms with Crippen LogP contribution in [0, 0.1) is 0 Å². The molecule has 4 aliphatic rings. The van der Waals surface area contributed by atoms with Gasteiger partial charge in [-0.05, 0) is 61.4 Å². The first-order chi connectivity index (χ1) is 19.6. The first-order valence-electron chi connectivity index (χ1n) is 14.4. The van der Waals surface area contributed by atoms with Gasteiger partial charge < -0.3 is 31.1 Å². The summed E-state index contributed by atoms with van der Waals surface area (Å²) in [4.78, 5) is 41.9. The number of amides is 4. The highest BCUT2D eigenvalue weighted by Gasteiger charge is 2.37. The number of nitrogens with one attached hydrogen (secondary N) is 5. The van der Waals surface area contributed by atoms with Crippen molar-refractivity contribution in [1.29, 1.82) is 0 Å². The number of aromatic amines is 1. The highest BCUT2D eigenvalue weighted by atomic mass is 16.2. The number of carbonyl (C=O) groups is 3. The summed E-state index contributed by atoms with van der Waals surface area (Å²) < 4.78 is 0. The second kappa shape index (κ2) is 11.7. The van der Waals surface area contributed by atoms with E-state index < -0.39 is 6.04 Å². The number of allylic oxidation sites excluding steroid dienone is 2. The van der Waals surface area contributed by atoms with Gasteiger partial charge in [0, 0.05) is 62.3 Å². The molecule has 0 spiro atoms. The Bertz CT molecular complexity index is 1320. The van der Waals surface area contributed by atoms with Crippen molar-refractivity contribution in [1.82, 2.24) is 41.3 Å². The molecule has 0 saturated carbocycles. The van der Waals surface area contributed by atoms with Crippen LogP contribution in [0.5, 0.6) is 0 Å². The number of hydrogen-bond acceptors (Lipinski definition) is 6. The van der Waals surface area contributed by atoms with Gasteiger partial charge in [0.25, 0.3) is 0 Å². The second-order valence-corrected chi connectivity index (χ2v) is 11.2. The van der Waals surface area contributed by atoms with Crippen molar-refractivity contribution in [3.63, 3.8) is 0 Å². The molecular formula is C29H38N8O3. The molecule has 11 nitrogen and oxygen atoms in total. The topological polar surface area (TPSA) is 134 Å². The number of fused-ring (bicyclic) bond motifs is 3. The standard InChI is InChI=1S/C29H38N8O3/c38-18-31-14-20-3-1-2-4-25(20)33-21-8-11-36(12-9-21)29(40)34-27-13-19-5-6-26-23(16-32-35-26)24(19)17-37(28(27)39)22-7-10-30-15-22/h1,3,5-6,16,18,21-22,27,30,33H,2,4,7-15,17H2,(H,31,38)(H,32,35)(H,34,40). The molecule has 2 unspecified atom stereocenters. The summed E-state index contributed by atoms with van der Waals surface area (Å²) >= 11 is 0. The zero-order chi connectivity index (χ0) is 27.5. The van der Waals surface area contributed by atoms with Crippen LogP contribution in [0.25, 0.3) is 10.9 Å². The predicted molar refractivity (Wildman–Crippen MR) is 151 cm³/mol. The summed E-state index contributed by atoms with van der Waals surface area (Å²) in [6.45, 7) is 3.94. The van der Waals surface area contributed by atoms with Crippen molar-refractivity contribution in [2.75, 3.05) is 32.7 Å². The SMILES string of the molecule is O=CNCC1=C(NC2CCN(C(=O)NC3Cc4ccc5[nH]ncc5c4CN(C4CCNC4)C3=O)CC2)CCC=C1. The minimum atomic E-state index is -0.610. The number of aromatic nitrogens is 2. The second-order valence-electron chi connectivity index (χ2n) is 11.2. The van der Waals surface area contributed by atoms with Crippen molar-refractivity contribution in [2.24, 2.45) is 0 Å². The molecular weight excluding hydrogens is 508 g/mol. The van der Waals surface area contributed by atoms with E-state index in [1.807, 2.05) is 22.1 Å². The molecule has 4 heterocycles. The molecule has 40 heavy (non-hydrogen) atoms. The van der Waals surface area contributed by atoms with Crippen LogP contribution in [-0.4, -0.2) is 89.2 Å².